The molecule has 0 saturated heterocycles. The van der Waals surface area contributed by atoms with Crippen molar-refractivity contribution < 1.29 is 151 Å². The Balaban J connectivity index is -0.000000192. The molecular formula is C12H10Nd2O14. The summed E-state index contributed by atoms with van der Waals surface area (Å²) < 4.78 is 0. The van der Waals surface area contributed by atoms with E-state index < -0.39 is 72.7 Å². The van der Waals surface area contributed by atoms with E-state index in [9.17, 15) is 59.4 Å². The maximum Gasteiger partial charge on any atom is 3.00 e. The van der Waals surface area contributed by atoms with Crippen LogP contribution in [0.15, 0.2) is 0 Å². The van der Waals surface area contributed by atoms with Crippen molar-refractivity contribution in [3.05, 3.63) is 0 Å². The molecule has 0 aromatic heterocycles. The van der Waals surface area contributed by atoms with Crippen LogP contribution < -0.4 is 30.6 Å². The van der Waals surface area contributed by atoms with Crippen molar-refractivity contribution in [3.63, 3.8) is 0 Å². The first-order valence-electron chi connectivity index (χ1n) is 6.23. The number of carbonyl (C=O) groups is 6. The topological polar surface area (TPSA) is 281 Å². The van der Waals surface area contributed by atoms with Crippen molar-refractivity contribution in [2.75, 3.05) is 0 Å². The molecule has 28 heavy (non-hydrogen) atoms. The molecule has 16 heteroatoms. The summed E-state index contributed by atoms with van der Waals surface area (Å²) >= 11 is 0. The number of hydrogen-bond donors (Lipinski definition) is 2. The number of aliphatic hydroxyl groups is 2. The SMILES string of the molecule is O=C([O-])CC(O)(CC(=O)[O-])C(=O)[O-].O=C([O-])CC(O)(CC(=O)[O-])C(=O)[O-].[Nd+3].[Nd+3]. The van der Waals surface area contributed by atoms with Crippen LogP contribution in [0.25, 0.3) is 0 Å². The van der Waals surface area contributed by atoms with Gasteiger partial charge in [0.15, 0.2) is 0 Å². The van der Waals surface area contributed by atoms with Crippen LogP contribution in [0.4, 0.5) is 0 Å². The summed E-state index contributed by atoms with van der Waals surface area (Å²) in [5.74, 6) is -12.0. The maximum absolute atomic E-state index is 10.1. The zero-order valence-electron chi connectivity index (χ0n) is 13.6. The summed E-state index contributed by atoms with van der Waals surface area (Å²) in [5.41, 5.74) is -5.95. The largest absolute Gasteiger partial charge is 3.00 e. The number of hydrogen-bond acceptors (Lipinski definition) is 14. The molecule has 0 rings (SSSR count). The van der Waals surface area contributed by atoms with Crippen LogP contribution in [-0.2, 0) is 28.8 Å². The predicted octanol–water partition coefficient (Wildman–Crippen LogP) is -10.5. The fourth-order valence-electron chi connectivity index (χ4n) is 1.37. The molecule has 2 N–H and O–H groups in total. The Morgan fingerprint density at radius 3 is 0.714 bits per heavy atom. The molecule has 0 atom stereocenters. The fourth-order valence-corrected chi connectivity index (χ4v) is 1.37. The van der Waals surface area contributed by atoms with E-state index in [1.165, 1.54) is 0 Å². The van der Waals surface area contributed by atoms with Gasteiger partial charge >= 0.3 is 81.7 Å². The summed E-state index contributed by atoms with van der Waals surface area (Å²) in [6, 6.07) is 0. The van der Waals surface area contributed by atoms with Crippen molar-refractivity contribution in [3.8, 4) is 0 Å². The first kappa shape index (κ1) is 34.9. The first-order chi connectivity index (χ1) is 11.6. The van der Waals surface area contributed by atoms with Crippen LogP contribution in [0.1, 0.15) is 25.7 Å². The Labute approximate surface area is 221 Å². The normalized spacial score (nSPS) is 10.1. The van der Waals surface area contributed by atoms with E-state index in [2.05, 4.69) is 0 Å². The summed E-state index contributed by atoms with van der Waals surface area (Å²) in [6.45, 7) is 0. The number of aliphatic carboxylic acids is 6. The van der Waals surface area contributed by atoms with Crippen LogP contribution in [0.3, 0.4) is 0 Å². The van der Waals surface area contributed by atoms with Crippen molar-refractivity contribution in [1.82, 2.24) is 0 Å². The molecule has 0 saturated carbocycles. The minimum Gasteiger partial charge on any atom is -0.550 e. The minimum absolute atomic E-state index is 0. The van der Waals surface area contributed by atoms with E-state index in [-0.39, 0.29) is 81.7 Å². The molecule has 0 aromatic rings. The summed E-state index contributed by atoms with van der Waals surface area (Å²) in [7, 11) is 0. The number of carboxylic acid groups (broad SMARTS) is 6. The Bertz CT molecular complexity index is 517. The smallest absolute Gasteiger partial charge is 0.550 e. The molecule has 0 heterocycles. The van der Waals surface area contributed by atoms with Gasteiger partial charge in [-0.05, 0) is 0 Å². The monoisotopic (exact) mass is 662 g/mol. The van der Waals surface area contributed by atoms with Gasteiger partial charge in [-0.1, -0.05) is 0 Å². The van der Waals surface area contributed by atoms with Gasteiger partial charge in [-0.2, -0.15) is 0 Å². The zero-order chi connectivity index (χ0) is 21.3. The van der Waals surface area contributed by atoms with E-state index in [4.69, 9.17) is 10.2 Å². The molecule has 0 aliphatic carbocycles. The van der Waals surface area contributed by atoms with Crippen LogP contribution >= 0.6 is 0 Å². The molecule has 0 spiro atoms. The molecule has 150 valence electrons. The second-order valence-corrected chi connectivity index (χ2v) is 4.83. The van der Waals surface area contributed by atoms with E-state index in [1.807, 2.05) is 0 Å². The van der Waals surface area contributed by atoms with Crippen LogP contribution in [0.5, 0.6) is 0 Å². The number of carboxylic acids is 6. The Kier molecular flexibility index (Phi) is 19.1. The van der Waals surface area contributed by atoms with Crippen molar-refractivity contribution in [1.29, 1.82) is 0 Å². The third kappa shape index (κ3) is 15.4. The van der Waals surface area contributed by atoms with Crippen molar-refractivity contribution >= 4 is 35.8 Å². The molecule has 0 aromatic carbocycles. The second-order valence-electron chi connectivity index (χ2n) is 4.83. The van der Waals surface area contributed by atoms with Gasteiger partial charge in [0, 0.05) is 49.6 Å². The maximum atomic E-state index is 10.1. The zero-order valence-corrected chi connectivity index (χ0v) is 20.0. The molecule has 0 unspecified atom stereocenters. The van der Waals surface area contributed by atoms with Crippen LogP contribution in [0, 0.1) is 81.7 Å². The molecule has 14 nitrogen and oxygen atoms in total. The van der Waals surface area contributed by atoms with Gasteiger partial charge in [0.05, 0.1) is 11.9 Å². The van der Waals surface area contributed by atoms with E-state index >= 15 is 0 Å². The van der Waals surface area contributed by atoms with Gasteiger partial charge in [0.1, 0.15) is 11.2 Å². The third-order valence-corrected chi connectivity index (χ3v) is 2.51. The summed E-state index contributed by atoms with van der Waals surface area (Å²) in [4.78, 5) is 60.0. The molecule has 0 aliphatic rings. The Morgan fingerprint density at radius 2 is 0.643 bits per heavy atom. The van der Waals surface area contributed by atoms with E-state index in [1.54, 1.807) is 0 Å². The fraction of sp³-hybridized carbons (Fsp3) is 0.500. The predicted molar refractivity (Wildman–Crippen MR) is 58.4 cm³/mol. The van der Waals surface area contributed by atoms with Crippen LogP contribution in [0.2, 0.25) is 0 Å². The van der Waals surface area contributed by atoms with Crippen molar-refractivity contribution in [2.45, 2.75) is 36.9 Å². The van der Waals surface area contributed by atoms with Crippen molar-refractivity contribution in [2.24, 2.45) is 0 Å². The minimum atomic E-state index is -2.97. The average molecular weight is 667 g/mol. The molecule has 0 aliphatic heterocycles. The second kappa shape index (κ2) is 15.3. The molecule has 0 amide bonds. The standard InChI is InChI=1S/2C6H8O7.2Nd/c2*7-3(8)1-6(13,5(11)12)2-4(9)10;;/h2*13H,1-2H2,(H,7,8)(H,9,10)(H,11,12);;/q;;2*+3/p-6. The quantitative estimate of drug-likeness (QED) is 0.219. The van der Waals surface area contributed by atoms with Gasteiger partial charge in [-0.3, -0.25) is 0 Å². The van der Waals surface area contributed by atoms with Gasteiger partial charge in [-0.25, -0.2) is 0 Å². The van der Waals surface area contributed by atoms with Gasteiger partial charge < -0.3 is 69.6 Å². The van der Waals surface area contributed by atoms with E-state index in [0.29, 0.717) is 0 Å². The Morgan fingerprint density at radius 1 is 0.500 bits per heavy atom. The number of carbonyl (C=O) groups excluding carboxylic acids is 6. The van der Waals surface area contributed by atoms with Gasteiger partial charge in [0.25, 0.3) is 0 Å². The Hall–Kier alpha value is -0.559. The third-order valence-electron chi connectivity index (χ3n) is 2.51. The van der Waals surface area contributed by atoms with E-state index in [0.717, 1.165) is 0 Å². The molecule has 2 radical (unpaired) electrons. The van der Waals surface area contributed by atoms with Gasteiger partial charge in [-0.15, -0.1) is 0 Å². The first-order valence-corrected chi connectivity index (χ1v) is 6.23. The molecular weight excluding hydrogens is 657 g/mol. The summed E-state index contributed by atoms with van der Waals surface area (Å²) in [5, 5.41) is 77.9. The summed E-state index contributed by atoms with van der Waals surface area (Å²) in [6.07, 6.45) is -5.43. The molecule has 0 fully saturated rings. The number of rotatable bonds is 10. The average Bonchev–Trinajstić information content (AvgIpc) is 2.34. The van der Waals surface area contributed by atoms with Gasteiger partial charge in [0.2, 0.25) is 0 Å². The molecule has 0 bridgehead atoms. The van der Waals surface area contributed by atoms with Crippen LogP contribution in [-0.4, -0.2) is 57.2 Å².